The molecule has 0 N–H and O–H groups in total. The number of nitrogens with zero attached hydrogens (tertiary/aromatic N) is 3. The Morgan fingerprint density at radius 3 is 2.44 bits per heavy atom. The van der Waals surface area contributed by atoms with Gasteiger partial charge in [-0.25, -0.2) is 8.78 Å². The first-order valence-electron chi connectivity index (χ1n) is 12.3. The normalized spacial score (nSPS) is 33.5. The van der Waals surface area contributed by atoms with Gasteiger partial charge >= 0.3 is 0 Å². The average Bonchev–Trinajstić information content (AvgIpc) is 3.32. The Labute approximate surface area is 189 Å². The van der Waals surface area contributed by atoms with Gasteiger partial charge in [0.2, 0.25) is 5.91 Å². The molecule has 1 amide bonds. The molecule has 1 aromatic rings. The van der Waals surface area contributed by atoms with E-state index < -0.39 is 5.92 Å². The molecular formula is C25H35F2N3O2. The third kappa shape index (κ3) is 4.65. The van der Waals surface area contributed by atoms with Gasteiger partial charge in [0.15, 0.2) is 0 Å². The minimum absolute atomic E-state index is 0.0517. The quantitative estimate of drug-likeness (QED) is 0.651. The van der Waals surface area contributed by atoms with Gasteiger partial charge in [0.25, 0.3) is 5.92 Å². The molecule has 1 saturated carbocycles. The lowest BCUT2D eigenvalue weighted by atomic mass is 9.87. The van der Waals surface area contributed by atoms with Crippen molar-refractivity contribution in [1.82, 2.24) is 9.80 Å². The van der Waals surface area contributed by atoms with E-state index in [-0.39, 0.29) is 30.9 Å². The van der Waals surface area contributed by atoms with E-state index in [0.717, 1.165) is 30.7 Å². The molecule has 3 saturated heterocycles. The number of carbonyl (C=O) groups is 1. The molecule has 0 aromatic heterocycles. The molecule has 7 heteroatoms. The van der Waals surface area contributed by atoms with Crippen molar-refractivity contribution in [2.75, 3.05) is 31.1 Å². The molecule has 4 fully saturated rings. The van der Waals surface area contributed by atoms with Gasteiger partial charge in [0.05, 0.1) is 6.04 Å². The number of likely N-dealkylation sites (tertiary alicyclic amines) is 2. The molecule has 5 nitrogen and oxygen atoms in total. The van der Waals surface area contributed by atoms with E-state index in [2.05, 4.69) is 16.7 Å². The Kier molecular flexibility index (Phi) is 6.14. The number of rotatable bonds is 6. The van der Waals surface area contributed by atoms with Crippen LogP contribution in [0.4, 0.5) is 14.5 Å². The molecule has 1 aliphatic carbocycles. The molecule has 0 radical (unpaired) electrons. The highest BCUT2D eigenvalue weighted by molar-refractivity contribution is 5.96. The third-order valence-corrected chi connectivity index (χ3v) is 7.94. The summed E-state index contributed by atoms with van der Waals surface area (Å²) in [4.78, 5) is 19.2. The summed E-state index contributed by atoms with van der Waals surface area (Å²) in [6.07, 6.45) is 6.21. The SMILES string of the molecule is C[C@@H]1CCCN1[C@H]1C[C@H](Oc2ccc(N3C(=O)CC[C@H]3CN3CCC(F)(F)CC3)cc2)C1. The summed E-state index contributed by atoms with van der Waals surface area (Å²) in [5.74, 6) is -1.56. The van der Waals surface area contributed by atoms with Crippen molar-refractivity contribution in [2.24, 2.45) is 0 Å². The monoisotopic (exact) mass is 447 g/mol. The Morgan fingerprint density at radius 1 is 1.06 bits per heavy atom. The topological polar surface area (TPSA) is 36.0 Å². The molecule has 2 atom stereocenters. The van der Waals surface area contributed by atoms with Gasteiger partial charge in [-0.15, -0.1) is 0 Å². The molecule has 5 rings (SSSR count). The third-order valence-electron chi connectivity index (χ3n) is 7.94. The van der Waals surface area contributed by atoms with Crippen LogP contribution in [0.25, 0.3) is 0 Å². The van der Waals surface area contributed by atoms with Crippen LogP contribution in [0.5, 0.6) is 5.75 Å². The van der Waals surface area contributed by atoms with Crippen LogP contribution in [0.15, 0.2) is 24.3 Å². The Hall–Kier alpha value is -1.73. The van der Waals surface area contributed by atoms with Crippen molar-refractivity contribution in [3.63, 3.8) is 0 Å². The number of ether oxygens (including phenoxy) is 1. The number of alkyl halides is 2. The fourth-order valence-electron chi connectivity index (χ4n) is 5.91. The highest BCUT2D eigenvalue weighted by Gasteiger charge is 2.39. The van der Waals surface area contributed by atoms with Gasteiger partial charge in [-0.2, -0.15) is 0 Å². The number of benzene rings is 1. The molecule has 3 aliphatic heterocycles. The summed E-state index contributed by atoms with van der Waals surface area (Å²) in [6, 6.07) is 9.28. The molecule has 0 bridgehead atoms. The second kappa shape index (κ2) is 8.90. The maximum atomic E-state index is 13.5. The highest BCUT2D eigenvalue weighted by Crippen LogP contribution is 2.35. The van der Waals surface area contributed by atoms with Crippen molar-refractivity contribution in [2.45, 2.75) is 88.4 Å². The van der Waals surface area contributed by atoms with Crippen LogP contribution in [0.1, 0.15) is 58.3 Å². The van der Waals surface area contributed by atoms with Crippen LogP contribution < -0.4 is 9.64 Å². The van der Waals surface area contributed by atoms with E-state index >= 15 is 0 Å². The van der Waals surface area contributed by atoms with E-state index in [1.54, 1.807) is 0 Å². The van der Waals surface area contributed by atoms with E-state index in [1.165, 1.54) is 19.4 Å². The predicted molar refractivity (Wildman–Crippen MR) is 120 cm³/mol. The number of hydrogen-bond donors (Lipinski definition) is 0. The van der Waals surface area contributed by atoms with E-state index in [4.69, 9.17) is 4.74 Å². The van der Waals surface area contributed by atoms with Crippen LogP contribution in [-0.4, -0.2) is 72.0 Å². The standard InChI is InChI=1S/C25H35F2N3O2/c1-18-3-2-12-29(18)21-15-23(16-21)32-22-7-4-19(5-8-22)30-20(6-9-24(30)31)17-28-13-10-25(26,27)11-14-28/h4-5,7-8,18,20-21,23H,2-3,6,9-17H2,1H3/t18-,20+,21-,23-/m1/s1. The lowest BCUT2D eigenvalue weighted by molar-refractivity contribution is -0.117. The molecule has 1 aromatic carbocycles. The van der Waals surface area contributed by atoms with Crippen LogP contribution in [0, 0.1) is 0 Å². The summed E-state index contributed by atoms with van der Waals surface area (Å²) in [6.45, 7) is 5.01. The Bertz CT molecular complexity index is 802. The smallest absolute Gasteiger partial charge is 0.250 e. The first kappa shape index (κ1) is 22.1. The van der Waals surface area contributed by atoms with Gasteiger partial charge in [0, 0.05) is 69.5 Å². The molecule has 4 aliphatic rings. The van der Waals surface area contributed by atoms with Gasteiger partial charge in [0.1, 0.15) is 11.9 Å². The molecule has 0 unspecified atom stereocenters. The van der Waals surface area contributed by atoms with E-state index in [9.17, 15) is 13.6 Å². The van der Waals surface area contributed by atoms with Crippen molar-refractivity contribution >= 4 is 11.6 Å². The predicted octanol–water partition coefficient (Wildman–Crippen LogP) is 4.31. The lowest BCUT2D eigenvalue weighted by Crippen LogP contribution is -2.50. The summed E-state index contributed by atoms with van der Waals surface area (Å²) >= 11 is 0. The van der Waals surface area contributed by atoms with Crippen LogP contribution in [0.3, 0.4) is 0 Å². The number of amides is 1. The van der Waals surface area contributed by atoms with Gasteiger partial charge in [-0.05, 0) is 57.0 Å². The zero-order valence-electron chi connectivity index (χ0n) is 19.0. The summed E-state index contributed by atoms with van der Waals surface area (Å²) < 4.78 is 33.1. The molecule has 0 spiro atoms. The Balaban J connectivity index is 1.15. The number of piperidine rings is 1. The maximum absolute atomic E-state index is 13.5. The second-order valence-corrected chi connectivity index (χ2v) is 10.2. The summed E-state index contributed by atoms with van der Waals surface area (Å²) in [7, 11) is 0. The number of halogens is 2. The van der Waals surface area contributed by atoms with Crippen molar-refractivity contribution in [3.8, 4) is 5.75 Å². The molecule has 176 valence electrons. The number of hydrogen-bond acceptors (Lipinski definition) is 4. The first-order chi connectivity index (χ1) is 15.4. The summed E-state index contributed by atoms with van der Waals surface area (Å²) in [5.41, 5.74) is 0.879. The minimum Gasteiger partial charge on any atom is -0.490 e. The Morgan fingerprint density at radius 2 is 1.78 bits per heavy atom. The van der Waals surface area contributed by atoms with Crippen LogP contribution >= 0.6 is 0 Å². The number of anilines is 1. The van der Waals surface area contributed by atoms with Crippen LogP contribution in [0.2, 0.25) is 0 Å². The van der Waals surface area contributed by atoms with Gasteiger partial charge in [-0.3, -0.25) is 9.69 Å². The fourth-order valence-corrected chi connectivity index (χ4v) is 5.91. The lowest BCUT2D eigenvalue weighted by Gasteiger charge is -2.42. The van der Waals surface area contributed by atoms with E-state index in [0.29, 0.717) is 38.1 Å². The molecular weight excluding hydrogens is 412 g/mol. The maximum Gasteiger partial charge on any atom is 0.250 e. The second-order valence-electron chi connectivity index (χ2n) is 10.2. The summed E-state index contributed by atoms with van der Waals surface area (Å²) in [5, 5.41) is 0. The van der Waals surface area contributed by atoms with Crippen molar-refractivity contribution in [1.29, 1.82) is 0 Å². The zero-order valence-corrected chi connectivity index (χ0v) is 19.0. The molecule has 3 heterocycles. The van der Waals surface area contributed by atoms with Crippen molar-refractivity contribution < 1.29 is 18.3 Å². The van der Waals surface area contributed by atoms with Crippen molar-refractivity contribution in [3.05, 3.63) is 24.3 Å². The molecule has 32 heavy (non-hydrogen) atoms. The average molecular weight is 448 g/mol. The first-order valence-corrected chi connectivity index (χ1v) is 12.3. The number of carbonyl (C=O) groups excluding carboxylic acids is 1. The fraction of sp³-hybridized carbons (Fsp3) is 0.720. The van der Waals surface area contributed by atoms with Gasteiger partial charge in [-0.1, -0.05) is 0 Å². The largest absolute Gasteiger partial charge is 0.490 e. The zero-order chi connectivity index (χ0) is 22.3. The minimum atomic E-state index is -2.54. The highest BCUT2D eigenvalue weighted by atomic mass is 19.3. The van der Waals surface area contributed by atoms with Crippen LogP contribution in [-0.2, 0) is 4.79 Å². The van der Waals surface area contributed by atoms with E-state index in [1.807, 2.05) is 29.2 Å². The van der Waals surface area contributed by atoms with Gasteiger partial charge < -0.3 is 14.5 Å².